The molecule has 0 aromatic rings. The predicted octanol–water partition coefficient (Wildman–Crippen LogP) is 10.4. The lowest BCUT2D eigenvalue weighted by Gasteiger charge is -2.30. The van der Waals surface area contributed by atoms with Crippen LogP contribution < -0.4 is 0 Å². The summed E-state index contributed by atoms with van der Waals surface area (Å²) in [6, 6.07) is 0. The number of carbonyl (C=O) groups excluding carboxylic acids is 4. The van der Waals surface area contributed by atoms with Crippen molar-refractivity contribution in [1.29, 1.82) is 0 Å². The summed E-state index contributed by atoms with van der Waals surface area (Å²) >= 11 is 0. The lowest BCUT2D eigenvalue weighted by molar-refractivity contribution is -0.133. The van der Waals surface area contributed by atoms with Crippen LogP contribution in [-0.2, 0) is 19.2 Å². The van der Waals surface area contributed by atoms with Gasteiger partial charge in [0.15, 0.2) is 0 Å². The summed E-state index contributed by atoms with van der Waals surface area (Å²) in [7, 11) is 0. The Morgan fingerprint density at radius 1 is 0.310 bits per heavy atom. The first-order valence-electron chi connectivity index (χ1n) is 17.2. The van der Waals surface area contributed by atoms with Crippen molar-refractivity contribution in [3.8, 4) is 0 Å². The standard InChI is InChI=1S/C11H20O.C10H18O.C9H16O.C8H14O/c1-11(2,3)10(12)9-7-5-4-6-8-9;1-10(2,3)9(11)8-6-4-5-7-8;1-9(2,3)8(10)7-5-4-6-7;1-8(2,3)7(9)6-4-5-6/h9H,4-8H2,1-3H3;8H,4-7H2,1-3H3;7H,4-6H2,1-3H3;6H,4-5H2,1-3H3. The van der Waals surface area contributed by atoms with Gasteiger partial charge in [-0.2, -0.15) is 0 Å². The van der Waals surface area contributed by atoms with Gasteiger partial charge in [-0.05, 0) is 51.4 Å². The molecule has 244 valence electrons. The summed E-state index contributed by atoms with van der Waals surface area (Å²) in [5.41, 5.74) is -0.441. The fourth-order valence-electron chi connectivity index (χ4n) is 6.02. The Hall–Kier alpha value is -1.32. The maximum Gasteiger partial charge on any atom is 0.141 e. The van der Waals surface area contributed by atoms with E-state index in [-0.39, 0.29) is 21.7 Å². The molecule has 4 rings (SSSR count). The molecule has 0 aromatic carbocycles. The Morgan fingerprint density at radius 3 is 0.643 bits per heavy atom. The highest BCUT2D eigenvalue weighted by Crippen LogP contribution is 2.37. The topological polar surface area (TPSA) is 68.3 Å². The molecule has 4 aliphatic rings. The van der Waals surface area contributed by atoms with E-state index in [2.05, 4.69) is 0 Å². The molecule has 0 unspecified atom stereocenters. The molecule has 0 amide bonds. The van der Waals surface area contributed by atoms with E-state index in [0.29, 0.717) is 46.8 Å². The molecule has 0 N–H and O–H groups in total. The third-order valence-electron chi connectivity index (χ3n) is 9.08. The summed E-state index contributed by atoms with van der Waals surface area (Å²) in [5, 5.41) is 0. The van der Waals surface area contributed by atoms with E-state index < -0.39 is 0 Å². The molecule has 0 spiro atoms. The van der Waals surface area contributed by atoms with Crippen LogP contribution in [0.3, 0.4) is 0 Å². The van der Waals surface area contributed by atoms with Crippen LogP contribution in [-0.4, -0.2) is 23.1 Å². The van der Waals surface area contributed by atoms with E-state index in [0.717, 1.165) is 51.4 Å². The Morgan fingerprint density at radius 2 is 0.500 bits per heavy atom. The normalized spacial score (nSPS) is 20.5. The summed E-state index contributed by atoms with van der Waals surface area (Å²) < 4.78 is 0. The Bertz CT molecular complexity index is 864. The summed E-state index contributed by atoms with van der Waals surface area (Å²) in [4.78, 5) is 46.2. The molecular weight excluding hydrogens is 520 g/mol. The molecule has 0 aromatic heterocycles. The largest absolute Gasteiger partial charge is 0.299 e. The minimum Gasteiger partial charge on any atom is -0.299 e. The van der Waals surface area contributed by atoms with Crippen LogP contribution in [0.1, 0.15) is 173 Å². The van der Waals surface area contributed by atoms with E-state index in [4.69, 9.17) is 0 Å². The molecule has 4 aliphatic carbocycles. The van der Waals surface area contributed by atoms with Crippen LogP contribution in [0, 0.1) is 45.3 Å². The van der Waals surface area contributed by atoms with Crippen LogP contribution in [0.4, 0.5) is 0 Å². The number of Topliss-reactive ketones (excluding diaryl/α,β-unsaturated/α-hetero) is 4. The van der Waals surface area contributed by atoms with Gasteiger partial charge in [-0.25, -0.2) is 0 Å². The van der Waals surface area contributed by atoms with Gasteiger partial charge in [-0.15, -0.1) is 0 Å². The molecule has 0 atom stereocenters. The number of ketones is 4. The molecule has 0 aliphatic heterocycles. The van der Waals surface area contributed by atoms with Crippen molar-refractivity contribution in [1.82, 2.24) is 0 Å². The lowest BCUT2D eigenvalue weighted by atomic mass is 9.73. The fourth-order valence-corrected chi connectivity index (χ4v) is 6.02. The van der Waals surface area contributed by atoms with Crippen LogP contribution >= 0.6 is 0 Å². The monoisotopic (exact) mass is 589 g/mol. The second-order valence-electron chi connectivity index (χ2n) is 17.7. The van der Waals surface area contributed by atoms with Gasteiger partial charge in [0, 0.05) is 45.3 Å². The van der Waals surface area contributed by atoms with E-state index >= 15 is 0 Å². The molecule has 0 radical (unpaired) electrons. The second kappa shape index (κ2) is 16.1. The maximum absolute atomic E-state index is 11.8. The average molecular weight is 589 g/mol. The van der Waals surface area contributed by atoms with Crippen LogP contribution in [0.5, 0.6) is 0 Å². The highest BCUT2D eigenvalue weighted by Gasteiger charge is 2.36. The van der Waals surface area contributed by atoms with Gasteiger partial charge in [-0.1, -0.05) is 122 Å². The van der Waals surface area contributed by atoms with Gasteiger partial charge in [0.25, 0.3) is 0 Å². The zero-order chi connectivity index (χ0) is 32.5. The highest BCUT2D eigenvalue weighted by molar-refractivity contribution is 5.88. The van der Waals surface area contributed by atoms with Crippen LogP contribution in [0.2, 0.25) is 0 Å². The molecular formula is C38H68O4. The van der Waals surface area contributed by atoms with E-state index in [1.165, 1.54) is 38.5 Å². The van der Waals surface area contributed by atoms with Gasteiger partial charge in [-0.3, -0.25) is 19.2 Å². The first kappa shape index (κ1) is 38.7. The van der Waals surface area contributed by atoms with E-state index in [1.54, 1.807) is 0 Å². The first-order valence-corrected chi connectivity index (χ1v) is 17.2. The predicted molar refractivity (Wildman–Crippen MR) is 176 cm³/mol. The van der Waals surface area contributed by atoms with Crippen LogP contribution in [0.25, 0.3) is 0 Å². The van der Waals surface area contributed by atoms with E-state index in [1.807, 2.05) is 83.1 Å². The Labute approximate surface area is 260 Å². The molecule has 4 saturated carbocycles. The quantitative estimate of drug-likeness (QED) is 0.327. The third kappa shape index (κ3) is 14.0. The smallest absolute Gasteiger partial charge is 0.141 e. The summed E-state index contributed by atoms with van der Waals surface area (Å²) in [6.07, 6.45) is 16.7. The van der Waals surface area contributed by atoms with Crippen molar-refractivity contribution >= 4 is 23.1 Å². The maximum atomic E-state index is 11.8. The van der Waals surface area contributed by atoms with Gasteiger partial charge >= 0.3 is 0 Å². The molecule has 4 fully saturated rings. The Kier molecular flexibility index (Phi) is 14.9. The van der Waals surface area contributed by atoms with Crippen molar-refractivity contribution in [2.45, 2.75) is 173 Å². The zero-order valence-electron chi connectivity index (χ0n) is 29.8. The first-order chi connectivity index (χ1) is 19.1. The van der Waals surface area contributed by atoms with Crippen molar-refractivity contribution in [2.75, 3.05) is 0 Å². The van der Waals surface area contributed by atoms with Gasteiger partial charge in [0.2, 0.25) is 0 Å². The van der Waals surface area contributed by atoms with E-state index in [9.17, 15) is 19.2 Å². The van der Waals surface area contributed by atoms with Gasteiger partial charge in [0.05, 0.1) is 0 Å². The van der Waals surface area contributed by atoms with Gasteiger partial charge in [0.1, 0.15) is 23.1 Å². The second-order valence-corrected chi connectivity index (χ2v) is 17.7. The fraction of sp³-hybridized carbons (Fsp3) is 0.895. The number of hydrogen-bond acceptors (Lipinski definition) is 4. The third-order valence-corrected chi connectivity index (χ3v) is 9.08. The minimum absolute atomic E-state index is 0.0961. The minimum atomic E-state index is -0.123. The summed E-state index contributed by atoms with van der Waals surface area (Å²) in [5.74, 6) is 3.43. The highest BCUT2D eigenvalue weighted by atomic mass is 16.1. The van der Waals surface area contributed by atoms with Crippen molar-refractivity contribution in [3.63, 3.8) is 0 Å². The number of rotatable bonds is 4. The number of carbonyl (C=O) groups is 4. The molecule has 0 saturated heterocycles. The summed E-state index contributed by atoms with van der Waals surface area (Å²) in [6.45, 7) is 24.2. The lowest BCUT2D eigenvalue weighted by Crippen LogP contribution is -2.32. The molecule has 42 heavy (non-hydrogen) atoms. The molecule has 0 heterocycles. The SMILES string of the molecule is CC(C)(C)C(=O)C1CC1.CC(C)(C)C(=O)C1CCC1.CC(C)(C)C(=O)C1CCCC1.CC(C)(C)C(=O)C1CCCCC1. The number of hydrogen-bond donors (Lipinski definition) is 0. The molecule has 0 bridgehead atoms. The molecule has 4 nitrogen and oxygen atoms in total. The average Bonchev–Trinajstić information content (AvgIpc) is 3.54. The molecule has 4 heteroatoms. The zero-order valence-corrected chi connectivity index (χ0v) is 29.8. The van der Waals surface area contributed by atoms with Crippen molar-refractivity contribution in [2.24, 2.45) is 45.3 Å². The van der Waals surface area contributed by atoms with Crippen molar-refractivity contribution in [3.05, 3.63) is 0 Å². The Balaban J connectivity index is 0.000000281. The van der Waals surface area contributed by atoms with Crippen molar-refractivity contribution < 1.29 is 19.2 Å². The van der Waals surface area contributed by atoms with Gasteiger partial charge < -0.3 is 0 Å². The van der Waals surface area contributed by atoms with Crippen LogP contribution in [0.15, 0.2) is 0 Å².